The van der Waals surface area contributed by atoms with Crippen molar-refractivity contribution in [2.75, 3.05) is 18.2 Å². The molecule has 8 heteroatoms. The molecule has 0 aliphatic heterocycles. The molecule has 0 aliphatic carbocycles. The van der Waals surface area contributed by atoms with Gasteiger partial charge in [0.1, 0.15) is 5.75 Å². The molecular formula is C12H15N5O2S. The van der Waals surface area contributed by atoms with Crippen LogP contribution in [0.3, 0.4) is 0 Å². The highest BCUT2D eigenvalue weighted by Crippen LogP contribution is 2.25. The zero-order valence-electron chi connectivity index (χ0n) is 11.1. The first-order valence-corrected chi connectivity index (χ1v) is 6.76. The normalized spacial score (nSPS) is 11.9. The van der Waals surface area contributed by atoms with E-state index in [1.165, 1.54) is 11.8 Å². The average Bonchev–Trinajstić information content (AvgIpc) is 2.84. The standard InChI is InChI=1S/C12H15N5O2S/c1-7(20-12-15-11(13)16-17-12)10(18)14-8-5-3-4-6-9(8)19-2/h3-7H,1-2H3,(H,14,18)(H3,13,15,16,17)/t7-/m0/s1. The van der Waals surface area contributed by atoms with E-state index in [4.69, 9.17) is 10.5 Å². The Labute approximate surface area is 120 Å². The minimum Gasteiger partial charge on any atom is -0.495 e. The Hall–Kier alpha value is -2.22. The average molecular weight is 293 g/mol. The molecule has 0 fully saturated rings. The van der Waals surface area contributed by atoms with Crippen molar-refractivity contribution in [3.63, 3.8) is 0 Å². The third kappa shape index (κ3) is 3.41. The molecule has 1 aromatic carbocycles. The van der Waals surface area contributed by atoms with E-state index in [2.05, 4.69) is 20.5 Å². The Morgan fingerprint density at radius 1 is 1.50 bits per heavy atom. The Bertz CT molecular complexity index is 601. The zero-order valence-corrected chi connectivity index (χ0v) is 11.9. The molecule has 0 saturated heterocycles. The van der Waals surface area contributed by atoms with Gasteiger partial charge in [0.2, 0.25) is 17.0 Å². The summed E-state index contributed by atoms with van der Waals surface area (Å²) in [5.41, 5.74) is 6.06. The van der Waals surface area contributed by atoms with Gasteiger partial charge in [-0.3, -0.25) is 4.79 Å². The summed E-state index contributed by atoms with van der Waals surface area (Å²) in [6.45, 7) is 1.77. The molecule has 1 aromatic heterocycles. The Balaban J connectivity index is 2.00. The number of hydrogen-bond acceptors (Lipinski definition) is 6. The molecule has 4 N–H and O–H groups in total. The molecule has 2 aromatic rings. The topological polar surface area (TPSA) is 106 Å². The molecule has 0 saturated carbocycles. The SMILES string of the molecule is COc1ccccc1NC(=O)[C@H](C)Sc1n[nH]c(N)n1. The van der Waals surface area contributed by atoms with Crippen molar-refractivity contribution >= 4 is 29.3 Å². The summed E-state index contributed by atoms with van der Waals surface area (Å²) in [5.74, 6) is 0.674. The number of hydrogen-bond donors (Lipinski definition) is 3. The number of rotatable bonds is 5. The second kappa shape index (κ2) is 6.29. The van der Waals surface area contributed by atoms with Gasteiger partial charge in [0, 0.05) is 0 Å². The van der Waals surface area contributed by atoms with Crippen LogP contribution in [0.15, 0.2) is 29.4 Å². The third-order valence-electron chi connectivity index (χ3n) is 2.50. The van der Waals surface area contributed by atoms with Crippen LogP contribution < -0.4 is 15.8 Å². The first-order chi connectivity index (χ1) is 9.60. The number of methoxy groups -OCH3 is 1. The van der Waals surface area contributed by atoms with Crippen LogP contribution in [-0.2, 0) is 4.79 Å². The van der Waals surface area contributed by atoms with E-state index in [0.29, 0.717) is 16.6 Å². The number of nitrogen functional groups attached to an aromatic ring is 1. The number of H-pyrrole nitrogens is 1. The molecule has 2 rings (SSSR count). The predicted octanol–water partition coefficient (Wildman–Crippen LogP) is 1.51. The number of carbonyl (C=O) groups excluding carboxylic acids is 1. The Morgan fingerprint density at radius 3 is 2.90 bits per heavy atom. The van der Waals surface area contributed by atoms with Gasteiger partial charge < -0.3 is 15.8 Å². The van der Waals surface area contributed by atoms with Gasteiger partial charge in [0.25, 0.3) is 0 Å². The fourth-order valence-corrected chi connectivity index (χ4v) is 2.24. The van der Waals surface area contributed by atoms with Crippen LogP contribution in [0, 0.1) is 0 Å². The largest absolute Gasteiger partial charge is 0.495 e. The van der Waals surface area contributed by atoms with E-state index in [-0.39, 0.29) is 17.1 Å². The summed E-state index contributed by atoms with van der Waals surface area (Å²) in [6, 6.07) is 7.22. The van der Waals surface area contributed by atoms with Gasteiger partial charge >= 0.3 is 0 Å². The van der Waals surface area contributed by atoms with Crippen molar-refractivity contribution in [3.05, 3.63) is 24.3 Å². The molecule has 0 radical (unpaired) electrons. The second-order valence-electron chi connectivity index (χ2n) is 3.95. The summed E-state index contributed by atoms with van der Waals surface area (Å²) in [5, 5.41) is 9.28. The van der Waals surface area contributed by atoms with Gasteiger partial charge in [-0.1, -0.05) is 23.9 Å². The van der Waals surface area contributed by atoms with Crippen molar-refractivity contribution < 1.29 is 9.53 Å². The van der Waals surface area contributed by atoms with Gasteiger partial charge in [-0.2, -0.15) is 4.98 Å². The molecule has 1 heterocycles. The molecule has 0 bridgehead atoms. The molecule has 7 nitrogen and oxygen atoms in total. The van der Waals surface area contributed by atoms with Gasteiger partial charge in [0.05, 0.1) is 18.0 Å². The molecule has 0 aliphatic rings. The van der Waals surface area contributed by atoms with Crippen LogP contribution in [0.5, 0.6) is 5.75 Å². The van der Waals surface area contributed by atoms with Gasteiger partial charge in [0.15, 0.2) is 0 Å². The van der Waals surface area contributed by atoms with E-state index in [1.807, 2.05) is 12.1 Å². The lowest BCUT2D eigenvalue weighted by Gasteiger charge is -2.12. The van der Waals surface area contributed by atoms with Crippen LogP contribution in [0.4, 0.5) is 11.6 Å². The minimum absolute atomic E-state index is 0.164. The van der Waals surface area contributed by atoms with Crippen LogP contribution in [0.25, 0.3) is 0 Å². The maximum atomic E-state index is 12.1. The van der Waals surface area contributed by atoms with Crippen molar-refractivity contribution in [2.24, 2.45) is 0 Å². The number of benzene rings is 1. The summed E-state index contributed by atoms with van der Waals surface area (Å²) in [6.07, 6.45) is 0. The van der Waals surface area contributed by atoms with Crippen LogP contribution in [0.2, 0.25) is 0 Å². The Morgan fingerprint density at radius 2 is 2.25 bits per heavy atom. The molecule has 0 unspecified atom stereocenters. The number of nitrogens with zero attached hydrogens (tertiary/aromatic N) is 2. The second-order valence-corrected chi connectivity index (χ2v) is 5.26. The molecule has 0 spiro atoms. The lowest BCUT2D eigenvalue weighted by Crippen LogP contribution is -2.22. The van der Waals surface area contributed by atoms with Gasteiger partial charge in [-0.15, -0.1) is 5.10 Å². The highest BCUT2D eigenvalue weighted by Gasteiger charge is 2.18. The molecular weight excluding hydrogens is 278 g/mol. The third-order valence-corrected chi connectivity index (χ3v) is 3.46. The van der Waals surface area contributed by atoms with Crippen LogP contribution in [-0.4, -0.2) is 33.4 Å². The van der Waals surface area contributed by atoms with Crippen molar-refractivity contribution in [1.82, 2.24) is 15.2 Å². The number of nitrogens with one attached hydrogen (secondary N) is 2. The van der Waals surface area contributed by atoms with E-state index in [9.17, 15) is 4.79 Å². The van der Waals surface area contributed by atoms with Crippen molar-refractivity contribution in [3.8, 4) is 5.75 Å². The maximum absolute atomic E-state index is 12.1. The van der Waals surface area contributed by atoms with Crippen LogP contribution in [0.1, 0.15) is 6.92 Å². The summed E-state index contributed by atoms with van der Waals surface area (Å²) in [7, 11) is 1.56. The molecule has 1 atom stereocenters. The summed E-state index contributed by atoms with van der Waals surface area (Å²) < 4.78 is 5.18. The Kier molecular flexibility index (Phi) is 4.46. The number of para-hydroxylation sites is 2. The highest BCUT2D eigenvalue weighted by atomic mass is 32.2. The fraction of sp³-hybridized carbons (Fsp3) is 0.250. The number of thioether (sulfide) groups is 1. The van der Waals surface area contributed by atoms with E-state index in [0.717, 1.165) is 0 Å². The first kappa shape index (κ1) is 14.2. The number of amides is 1. The van der Waals surface area contributed by atoms with Crippen molar-refractivity contribution in [1.29, 1.82) is 0 Å². The van der Waals surface area contributed by atoms with E-state index in [1.54, 1.807) is 26.2 Å². The predicted molar refractivity (Wildman–Crippen MR) is 77.7 cm³/mol. The lowest BCUT2D eigenvalue weighted by atomic mass is 10.3. The van der Waals surface area contributed by atoms with Gasteiger partial charge in [-0.25, -0.2) is 5.10 Å². The quantitative estimate of drug-likeness (QED) is 0.722. The van der Waals surface area contributed by atoms with Gasteiger partial charge in [-0.05, 0) is 19.1 Å². The number of aromatic amines is 1. The fourth-order valence-electron chi connectivity index (χ4n) is 1.50. The number of carbonyl (C=O) groups is 1. The summed E-state index contributed by atoms with van der Waals surface area (Å²) in [4.78, 5) is 16.1. The molecule has 1 amide bonds. The number of aromatic nitrogens is 3. The number of ether oxygens (including phenoxy) is 1. The van der Waals surface area contributed by atoms with Crippen molar-refractivity contribution in [2.45, 2.75) is 17.3 Å². The van der Waals surface area contributed by atoms with Crippen LogP contribution >= 0.6 is 11.8 Å². The monoisotopic (exact) mass is 293 g/mol. The highest BCUT2D eigenvalue weighted by molar-refractivity contribution is 8.00. The smallest absolute Gasteiger partial charge is 0.237 e. The number of anilines is 2. The van der Waals surface area contributed by atoms with E-state index < -0.39 is 0 Å². The molecule has 20 heavy (non-hydrogen) atoms. The van der Waals surface area contributed by atoms with E-state index >= 15 is 0 Å². The number of nitrogens with two attached hydrogens (primary N) is 1. The zero-order chi connectivity index (χ0) is 14.5. The molecule has 106 valence electrons. The maximum Gasteiger partial charge on any atom is 0.237 e. The minimum atomic E-state index is -0.366. The lowest BCUT2D eigenvalue weighted by molar-refractivity contribution is -0.115. The summed E-state index contributed by atoms with van der Waals surface area (Å²) >= 11 is 1.22. The first-order valence-electron chi connectivity index (χ1n) is 5.88.